The van der Waals surface area contributed by atoms with E-state index in [1.54, 1.807) is 48.5 Å². The predicted molar refractivity (Wildman–Crippen MR) is 116 cm³/mol. The van der Waals surface area contributed by atoms with Crippen LogP contribution < -0.4 is 9.47 Å². The summed E-state index contributed by atoms with van der Waals surface area (Å²) >= 11 is 0. The average molecular weight is 439 g/mol. The van der Waals surface area contributed by atoms with Gasteiger partial charge in [-0.25, -0.2) is 0 Å². The maximum absolute atomic E-state index is 12.9. The molecule has 0 saturated carbocycles. The van der Waals surface area contributed by atoms with Gasteiger partial charge in [0.15, 0.2) is 0 Å². The van der Waals surface area contributed by atoms with Crippen LogP contribution in [0.1, 0.15) is 36.9 Å². The molecule has 1 unspecified atom stereocenters. The van der Waals surface area contributed by atoms with Crippen molar-refractivity contribution >= 4 is 23.4 Å². The molecule has 1 aliphatic heterocycles. The van der Waals surface area contributed by atoms with Crippen LogP contribution in [-0.2, 0) is 14.4 Å². The molecule has 0 radical (unpaired) electrons. The molecule has 2 N–H and O–H groups in total. The van der Waals surface area contributed by atoms with E-state index in [0.29, 0.717) is 29.2 Å². The van der Waals surface area contributed by atoms with Crippen LogP contribution in [0.25, 0.3) is 5.76 Å². The molecule has 1 aliphatic rings. The van der Waals surface area contributed by atoms with Crippen LogP contribution in [0, 0.1) is 0 Å². The summed E-state index contributed by atoms with van der Waals surface area (Å²) in [6.07, 6.45) is 0.0376. The van der Waals surface area contributed by atoms with Crippen LogP contribution in [0.4, 0.5) is 0 Å². The highest BCUT2D eigenvalue weighted by atomic mass is 16.5. The summed E-state index contributed by atoms with van der Waals surface area (Å²) in [5, 5.41) is 20.0. The smallest absolute Gasteiger partial charge is 0.303 e. The summed E-state index contributed by atoms with van der Waals surface area (Å²) in [7, 11) is 1.52. The second-order valence-electron chi connectivity index (χ2n) is 7.22. The third-order valence-corrected chi connectivity index (χ3v) is 5.20. The van der Waals surface area contributed by atoms with Crippen molar-refractivity contribution in [3.05, 3.63) is 65.2 Å². The normalized spacial score (nSPS) is 17.4. The van der Waals surface area contributed by atoms with Crippen LogP contribution in [0.5, 0.6) is 11.5 Å². The van der Waals surface area contributed by atoms with Crippen molar-refractivity contribution in [3.63, 3.8) is 0 Å². The molecule has 1 fully saturated rings. The van der Waals surface area contributed by atoms with Crippen LogP contribution in [0.3, 0.4) is 0 Å². The Balaban J connectivity index is 2.06. The topological polar surface area (TPSA) is 113 Å². The largest absolute Gasteiger partial charge is 0.507 e. The summed E-state index contributed by atoms with van der Waals surface area (Å²) in [4.78, 5) is 38.0. The van der Waals surface area contributed by atoms with Crippen molar-refractivity contribution in [1.82, 2.24) is 4.90 Å². The van der Waals surface area contributed by atoms with E-state index in [4.69, 9.17) is 14.6 Å². The number of ether oxygens (including phenoxy) is 2. The third-order valence-electron chi connectivity index (χ3n) is 5.20. The van der Waals surface area contributed by atoms with Gasteiger partial charge in [-0.1, -0.05) is 12.1 Å². The number of amides is 1. The first-order valence-electron chi connectivity index (χ1n) is 10.2. The number of methoxy groups -OCH3 is 1. The van der Waals surface area contributed by atoms with E-state index < -0.39 is 23.7 Å². The first kappa shape index (κ1) is 22.9. The van der Waals surface area contributed by atoms with Crippen molar-refractivity contribution < 1.29 is 34.1 Å². The summed E-state index contributed by atoms with van der Waals surface area (Å²) in [6, 6.07) is 12.5. The lowest BCUT2D eigenvalue weighted by atomic mass is 9.95. The fourth-order valence-electron chi connectivity index (χ4n) is 3.68. The number of benzene rings is 2. The van der Waals surface area contributed by atoms with Crippen LogP contribution in [0.15, 0.2) is 54.1 Å². The molecule has 8 heteroatoms. The summed E-state index contributed by atoms with van der Waals surface area (Å²) in [5.74, 6) is -1.66. The number of aliphatic hydroxyl groups is 1. The van der Waals surface area contributed by atoms with Gasteiger partial charge < -0.3 is 24.6 Å². The first-order valence-corrected chi connectivity index (χ1v) is 10.2. The number of ketones is 1. The molecule has 0 aliphatic carbocycles. The van der Waals surface area contributed by atoms with Crippen LogP contribution in [-0.4, -0.2) is 53.0 Å². The molecular formula is C24H25NO7. The number of rotatable bonds is 9. The van der Waals surface area contributed by atoms with E-state index in [0.717, 1.165) is 0 Å². The quantitative estimate of drug-likeness (QED) is 0.350. The molecular weight excluding hydrogens is 414 g/mol. The molecule has 1 amide bonds. The number of nitrogens with zero attached hydrogens (tertiary/aromatic N) is 1. The Morgan fingerprint density at radius 2 is 1.62 bits per heavy atom. The Morgan fingerprint density at radius 3 is 2.19 bits per heavy atom. The maximum atomic E-state index is 12.9. The minimum absolute atomic E-state index is 0.0420. The van der Waals surface area contributed by atoms with E-state index in [9.17, 15) is 19.5 Å². The van der Waals surface area contributed by atoms with E-state index >= 15 is 0 Å². The minimum atomic E-state index is -0.988. The van der Waals surface area contributed by atoms with Gasteiger partial charge in [0.2, 0.25) is 0 Å². The molecule has 32 heavy (non-hydrogen) atoms. The van der Waals surface area contributed by atoms with Crippen LogP contribution in [0.2, 0.25) is 0 Å². The van der Waals surface area contributed by atoms with Crippen molar-refractivity contribution in [1.29, 1.82) is 0 Å². The number of hydrogen-bond donors (Lipinski definition) is 2. The molecule has 8 nitrogen and oxygen atoms in total. The number of carboxylic acid groups (broad SMARTS) is 1. The second-order valence-corrected chi connectivity index (χ2v) is 7.22. The molecule has 1 saturated heterocycles. The van der Waals surface area contributed by atoms with Gasteiger partial charge in [-0.2, -0.15) is 0 Å². The molecule has 2 aromatic rings. The lowest BCUT2D eigenvalue weighted by Gasteiger charge is -2.25. The summed E-state index contributed by atoms with van der Waals surface area (Å²) < 4.78 is 10.6. The Kier molecular flexibility index (Phi) is 7.14. The minimum Gasteiger partial charge on any atom is -0.507 e. The highest BCUT2D eigenvalue weighted by Crippen LogP contribution is 2.40. The van der Waals surface area contributed by atoms with Gasteiger partial charge in [-0.15, -0.1) is 0 Å². The number of carbonyl (C=O) groups is 3. The average Bonchev–Trinajstić information content (AvgIpc) is 3.04. The van der Waals surface area contributed by atoms with Gasteiger partial charge >= 0.3 is 5.97 Å². The first-order chi connectivity index (χ1) is 15.4. The van der Waals surface area contributed by atoms with Crippen molar-refractivity contribution in [2.75, 3.05) is 20.3 Å². The van der Waals surface area contributed by atoms with E-state index in [2.05, 4.69) is 0 Å². The van der Waals surface area contributed by atoms with Crippen LogP contribution >= 0.6 is 0 Å². The SMILES string of the molecule is CCOc1ccc(C2C(=C(O)c3ccc(OC)cc3)C(=O)C(=O)N2CCCC(=O)O)cc1. The number of aliphatic carboxylic acids is 1. The zero-order valence-electron chi connectivity index (χ0n) is 17.9. The Morgan fingerprint density at radius 1 is 1.00 bits per heavy atom. The zero-order valence-corrected chi connectivity index (χ0v) is 17.9. The zero-order chi connectivity index (χ0) is 23.3. The molecule has 2 aromatic carbocycles. The third kappa shape index (κ3) is 4.74. The number of aliphatic hydroxyl groups excluding tert-OH is 1. The summed E-state index contributed by atoms with van der Waals surface area (Å²) in [5.41, 5.74) is 0.933. The van der Waals surface area contributed by atoms with Gasteiger partial charge in [0.25, 0.3) is 11.7 Å². The van der Waals surface area contributed by atoms with Gasteiger partial charge in [0, 0.05) is 18.5 Å². The molecule has 1 heterocycles. The van der Waals surface area contributed by atoms with Crippen molar-refractivity contribution in [2.24, 2.45) is 0 Å². The fourth-order valence-corrected chi connectivity index (χ4v) is 3.68. The second kappa shape index (κ2) is 10.00. The van der Waals surface area contributed by atoms with E-state index in [-0.39, 0.29) is 30.7 Å². The Labute approximate surface area is 185 Å². The van der Waals surface area contributed by atoms with E-state index in [1.165, 1.54) is 12.0 Å². The van der Waals surface area contributed by atoms with Gasteiger partial charge in [0.05, 0.1) is 25.3 Å². The Hall–Kier alpha value is -3.81. The highest BCUT2D eigenvalue weighted by Gasteiger charge is 2.45. The number of hydrogen-bond acceptors (Lipinski definition) is 6. The van der Waals surface area contributed by atoms with Crippen molar-refractivity contribution in [2.45, 2.75) is 25.8 Å². The number of carbonyl (C=O) groups excluding carboxylic acids is 2. The van der Waals surface area contributed by atoms with E-state index in [1.807, 2.05) is 6.92 Å². The molecule has 3 rings (SSSR count). The molecule has 168 valence electrons. The Bertz CT molecular complexity index is 1030. The molecule has 0 bridgehead atoms. The molecule has 0 aromatic heterocycles. The van der Waals surface area contributed by atoms with Gasteiger partial charge in [-0.05, 0) is 55.3 Å². The van der Waals surface area contributed by atoms with Crippen molar-refractivity contribution in [3.8, 4) is 11.5 Å². The number of likely N-dealkylation sites (tertiary alicyclic amines) is 1. The number of Topliss-reactive ketones (excluding diaryl/α,β-unsaturated/α-hetero) is 1. The maximum Gasteiger partial charge on any atom is 0.303 e. The molecule has 0 spiro atoms. The predicted octanol–water partition coefficient (Wildman–Crippen LogP) is 3.38. The highest BCUT2D eigenvalue weighted by molar-refractivity contribution is 6.46. The fraction of sp³-hybridized carbons (Fsp3) is 0.292. The standard InChI is InChI=1S/C24H25NO7/c1-3-32-18-12-6-15(7-13-18)21-20(22(28)16-8-10-17(31-2)11-9-16)23(29)24(30)25(21)14-4-5-19(26)27/h6-13,21,28H,3-5,14H2,1-2H3,(H,26,27). The molecule has 1 atom stereocenters. The summed E-state index contributed by atoms with van der Waals surface area (Å²) in [6.45, 7) is 2.42. The lowest BCUT2D eigenvalue weighted by Crippen LogP contribution is -2.31. The van der Waals surface area contributed by atoms with Gasteiger partial charge in [0.1, 0.15) is 17.3 Å². The monoisotopic (exact) mass is 439 g/mol. The number of carboxylic acids is 1. The lowest BCUT2D eigenvalue weighted by molar-refractivity contribution is -0.140. The van der Waals surface area contributed by atoms with Gasteiger partial charge in [-0.3, -0.25) is 14.4 Å².